The van der Waals surface area contributed by atoms with Gasteiger partial charge in [-0.2, -0.15) is 0 Å². The second kappa shape index (κ2) is 6.93. The smallest absolute Gasteiger partial charge is 0.276 e. The van der Waals surface area contributed by atoms with E-state index in [4.69, 9.17) is 17.3 Å². The van der Waals surface area contributed by atoms with Crippen LogP contribution in [0.2, 0.25) is 5.02 Å². The first-order valence-corrected chi connectivity index (χ1v) is 7.84. The zero-order chi connectivity index (χ0) is 16.2. The largest absolute Gasteiger partial charge is 0.382 e. The molecule has 3 rings (SSSR count). The molecular weight excluding hydrogens is 314 g/mol. The highest BCUT2D eigenvalue weighted by molar-refractivity contribution is 6.30. The number of hydrogen-bond acceptors (Lipinski definition) is 5. The summed E-state index contributed by atoms with van der Waals surface area (Å²) in [5.41, 5.74) is 7.18. The van der Waals surface area contributed by atoms with Crippen LogP contribution in [0.15, 0.2) is 36.7 Å². The van der Waals surface area contributed by atoms with Crippen LogP contribution >= 0.6 is 11.6 Å². The Labute approximate surface area is 139 Å². The van der Waals surface area contributed by atoms with E-state index < -0.39 is 0 Å². The lowest BCUT2D eigenvalue weighted by Gasteiger charge is -2.34. The minimum Gasteiger partial charge on any atom is -0.382 e. The zero-order valence-corrected chi connectivity index (χ0v) is 13.4. The Kier molecular flexibility index (Phi) is 4.73. The van der Waals surface area contributed by atoms with Crippen LogP contribution in [-0.4, -0.2) is 51.9 Å². The molecule has 2 N–H and O–H groups in total. The number of nitrogen functional groups attached to an aromatic ring is 1. The van der Waals surface area contributed by atoms with Gasteiger partial charge in [-0.05, 0) is 17.7 Å². The van der Waals surface area contributed by atoms with Gasteiger partial charge in [0.25, 0.3) is 5.91 Å². The lowest BCUT2D eigenvalue weighted by molar-refractivity contribution is 0.0623. The molecule has 2 heterocycles. The Morgan fingerprint density at radius 1 is 1.09 bits per heavy atom. The topological polar surface area (TPSA) is 75.3 Å². The molecule has 0 unspecified atom stereocenters. The summed E-state index contributed by atoms with van der Waals surface area (Å²) in [5.74, 6) is 0.0304. The van der Waals surface area contributed by atoms with Crippen molar-refractivity contribution in [2.24, 2.45) is 0 Å². The molecule has 1 aromatic heterocycles. The molecule has 1 aliphatic heterocycles. The summed E-state index contributed by atoms with van der Waals surface area (Å²) in [4.78, 5) is 24.5. The van der Waals surface area contributed by atoms with Crippen LogP contribution in [-0.2, 0) is 6.54 Å². The zero-order valence-electron chi connectivity index (χ0n) is 12.7. The fraction of sp³-hybridized carbons (Fsp3) is 0.312. The fourth-order valence-electron chi connectivity index (χ4n) is 2.62. The monoisotopic (exact) mass is 331 g/mol. The van der Waals surface area contributed by atoms with Crippen molar-refractivity contribution in [2.45, 2.75) is 6.54 Å². The van der Waals surface area contributed by atoms with Gasteiger partial charge >= 0.3 is 0 Å². The van der Waals surface area contributed by atoms with Gasteiger partial charge in [-0.1, -0.05) is 23.7 Å². The summed E-state index contributed by atoms with van der Waals surface area (Å²) in [6.45, 7) is 3.79. The highest BCUT2D eigenvalue weighted by Gasteiger charge is 2.24. The van der Waals surface area contributed by atoms with Crippen molar-refractivity contribution in [3.63, 3.8) is 0 Å². The van der Waals surface area contributed by atoms with Crippen molar-refractivity contribution in [3.8, 4) is 0 Å². The van der Waals surface area contributed by atoms with Crippen LogP contribution in [0, 0.1) is 0 Å². The SMILES string of the molecule is Nc1nccnc1C(=O)N1CCN(Cc2ccc(Cl)cc2)CC1. The van der Waals surface area contributed by atoms with Gasteiger partial charge < -0.3 is 10.6 Å². The van der Waals surface area contributed by atoms with Crippen molar-refractivity contribution in [3.05, 3.63) is 52.9 Å². The van der Waals surface area contributed by atoms with E-state index in [1.807, 2.05) is 24.3 Å². The minimum absolute atomic E-state index is 0.151. The van der Waals surface area contributed by atoms with E-state index in [-0.39, 0.29) is 17.4 Å². The third kappa shape index (κ3) is 3.78. The number of hydrogen-bond donors (Lipinski definition) is 1. The number of carbonyl (C=O) groups excluding carboxylic acids is 1. The Morgan fingerprint density at radius 2 is 1.74 bits per heavy atom. The molecule has 0 bridgehead atoms. The molecule has 0 saturated carbocycles. The molecule has 0 spiro atoms. The number of amides is 1. The average Bonchev–Trinajstić information content (AvgIpc) is 2.57. The Hall–Kier alpha value is -2.18. The van der Waals surface area contributed by atoms with Gasteiger partial charge in [0.1, 0.15) is 0 Å². The second-order valence-electron chi connectivity index (χ2n) is 5.49. The van der Waals surface area contributed by atoms with Gasteiger partial charge in [-0.25, -0.2) is 9.97 Å². The number of aromatic nitrogens is 2. The molecule has 1 aromatic carbocycles. The van der Waals surface area contributed by atoms with Crippen LogP contribution in [0.25, 0.3) is 0 Å². The van der Waals surface area contributed by atoms with Crippen LogP contribution in [0.5, 0.6) is 0 Å². The summed E-state index contributed by atoms with van der Waals surface area (Å²) < 4.78 is 0. The summed E-state index contributed by atoms with van der Waals surface area (Å²) in [5, 5.41) is 0.741. The maximum atomic E-state index is 12.4. The van der Waals surface area contributed by atoms with E-state index in [9.17, 15) is 4.79 Å². The van der Waals surface area contributed by atoms with E-state index in [2.05, 4.69) is 14.9 Å². The Bertz CT molecular complexity index is 683. The maximum absolute atomic E-state index is 12.4. The van der Waals surface area contributed by atoms with Gasteiger partial charge in [0.15, 0.2) is 11.5 Å². The first kappa shape index (κ1) is 15.7. The molecular formula is C16H18ClN5O. The molecule has 1 fully saturated rings. The van der Waals surface area contributed by atoms with Crippen molar-refractivity contribution >= 4 is 23.3 Å². The molecule has 1 saturated heterocycles. The lowest BCUT2D eigenvalue weighted by Crippen LogP contribution is -2.48. The van der Waals surface area contributed by atoms with Crippen molar-refractivity contribution in [1.29, 1.82) is 0 Å². The van der Waals surface area contributed by atoms with Crippen LogP contribution in [0.3, 0.4) is 0 Å². The molecule has 0 atom stereocenters. The third-order valence-corrected chi connectivity index (χ3v) is 4.16. The second-order valence-corrected chi connectivity index (χ2v) is 5.92. The van der Waals surface area contributed by atoms with Crippen LogP contribution < -0.4 is 5.73 Å². The van der Waals surface area contributed by atoms with Crippen molar-refractivity contribution in [2.75, 3.05) is 31.9 Å². The average molecular weight is 332 g/mol. The lowest BCUT2D eigenvalue weighted by atomic mass is 10.2. The maximum Gasteiger partial charge on any atom is 0.276 e. The quantitative estimate of drug-likeness (QED) is 0.926. The molecule has 7 heteroatoms. The standard InChI is InChI=1S/C16H18ClN5O/c17-13-3-1-12(2-4-13)11-21-7-9-22(10-8-21)16(23)14-15(18)20-6-5-19-14/h1-6H,7-11H2,(H2,18,20). The van der Waals surface area contributed by atoms with E-state index >= 15 is 0 Å². The van der Waals surface area contributed by atoms with E-state index in [0.29, 0.717) is 13.1 Å². The number of rotatable bonds is 3. The van der Waals surface area contributed by atoms with E-state index in [0.717, 1.165) is 24.7 Å². The highest BCUT2D eigenvalue weighted by atomic mass is 35.5. The third-order valence-electron chi connectivity index (χ3n) is 3.91. The number of nitrogens with zero attached hydrogens (tertiary/aromatic N) is 4. The number of benzene rings is 1. The summed E-state index contributed by atoms with van der Waals surface area (Å²) in [7, 11) is 0. The number of piperazine rings is 1. The van der Waals surface area contributed by atoms with Gasteiger partial charge in [-0.15, -0.1) is 0 Å². The Morgan fingerprint density at radius 3 is 2.39 bits per heavy atom. The van der Waals surface area contributed by atoms with Crippen molar-refractivity contribution < 1.29 is 4.79 Å². The predicted octanol–water partition coefficient (Wildman–Crippen LogP) is 1.67. The molecule has 23 heavy (non-hydrogen) atoms. The van der Waals surface area contributed by atoms with Crippen LogP contribution in [0.4, 0.5) is 5.82 Å². The number of anilines is 1. The molecule has 6 nitrogen and oxygen atoms in total. The minimum atomic E-state index is -0.151. The van der Waals surface area contributed by atoms with Gasteiger partial charge in [0.05, 0.1) is 0 Å². The van der Waals surface area contributed by atoms with E-state index in [1.165, 1.54) is 18.0 Å². The van der Waals surface area contributed by atoms with Gasteiger partial charge in [-0.3, -0.25) is 9.69 Å². The molecule has 0 aliphatic carbocycles. The molecule has 1 amide bonds. The number of halogens is 1. The highest BCUT2D eigenvalue weighted by Crippen LogP contribution is 2.14. The molecule has 2 aromatic rings. The summed E-state index contributed by atoms with van der Waals surface area (Å²) in [6.07, 6.45) is 2.97. The van der Waals surface area contributed by atoms with Gasteiger partial charge in [0.2, 0.25) is 0 Å². The summed E-state index contributed by atoms with van der Waals surface area (Å²) >= 11 is 5.90. The fourth-order valence-corrected chi connectivity index (χ4v) is 2.75. The van der Waals surface area contributed by atoms with Crippen LogP contribution in [0.1, 0.15) is 16.1 Å². The molecule has 1 aliphatic rings. The number of carbonyl (C=O) groups is 1. The summed E-state index contributed by atoms with van der Waals surface area (Å²) in [6, 6.07) is 7.85. The number of nitrogens with two attached hydrogens (primary N) is 1. The predicted molar refractivity (Wildman–Crippen MR) is 89.1 cm³/mol. The molecule has 0 radical (unpaired) electrons. The first-order valence-electron chi connectivity index (χ1n) is 7.46. The van der Waals surface area contributed by atoms with E-state index in [1.54, 1.807) is 4.90 Å². The first-order chi connectivity index (χ1) is 11.1. The molecule has 120 valence electrons. The van der Waals surface area contributed by atoms with Crippen molar-refractivity contribution in [1.82, 2.24) is 19.8 Å². The Balaban J connectivity index is 1.57. The van der Waals surface area contributed by atoms with Gasteiger partial charge in [0, 0.05) is 50.1 Å². The normalized spacial score (nSPS) is 15.6.